The van der Waals surface area contributed by atoms with E-state index in [0.29, 0.717) is 23.6 Å². The van der Waals surface area contributed by atoms with Crippen molar-refractivity contribution >= 4 is 29.1 Å². The quantitative estimate of drug-likeness (QED) is 0.249. The highest BCUT2D eigenvalue weighted by Crippen LogP contribution is 2.45. The summed E-state index contributed by atoms with van der Waals surface area (Å²) in [5.41, 5.74) is -0.900. The number of aliphatic hydroxyl groups is 1. The lowest BCUT2D eigenvalue weighted by Gasteiger charge is -2.51. The molecule has 0 radical (unpaired) electrons. The van der Waals surface area contributed by atoms with Crippen molar-refractivity contribution in [3.05, 3.63) is 77.0 Å². The number of alkyl halides is 2. The number of rotatable bonds is 10. The molecule has 1 aromatic carbocycles. The van der Waals surface area contributed by atoms with Crippen LogP contribution in [0.4, 0.5) is 24.8 Å². The van der Waals surface area contributed by atoms with Crippen LogP contribution in [-0.2, 0) is 0 Å². The van der Waals surface area contributed by atoms with E-state index in [1.165, 1.54) is 6.20 Å². The van der Waals surface area contributed by atoms with Crippen molar-refractivity contribution in [3.8, 4) is 11.3 Å². The molecule has 2 unspecified atom stereocenters. The minimum Gasteiger partial charge on any atom is -0.387 e. The number of likely N-dealkylation sites (tertiary alicyclic amines) is 1. The molecular formula is C31H31ClF3N9O2. The minimum atomic E-state index is -2.99. The van der Waals surface area contributed by atoms with Crippen molar-refractivity contribution < 1.29 is 23.1 Å². The molecule has 3 aliphatic rings. The fourth-order valence-electron chi connectivity index (χ4n) is 6.19. The number of anilines is 2. The Hall–Kier alpha value is -4.14. The molecule has 2 aliphatic heterocycles. The first kappa shape index (κ1) is 30.5. The smallest absolute Gasteiger partial charge is 0.275 e. The van der Waals surface area contributed by atoms with Crippen LogP contribution in [0.2, 0.25) is 5.02 Å². The summed E-state index contributed by atoms with van der Waals surface area (Å²) in [5, 5.41) is 17.3. The maximum absolute atomic E-state index is 14.7. The maximum Gasteiger partial charge on any atom is 0.275 e. The highest BCUT2D eigenvalue weighted by atomic mass is 35.5. The standard InChI is InChI=1S/C31H31ClF3N9O2/c1-17(18-8-37-30(38-9-18)43-7-6-21(43)14-42-15-31(46,16-42)19-2-3-19)44-13-20(10-39-44)40-29(45)25-12-36-11-24(41-25)26-22(28(34)35)4-5-23(32)27(26)33/h4-5,8-13,17,19,21,28,46H,2-3,6-7,14-16H2,1H3,(H,40,45). The van der Waals surface area contributed by atoms with Gasteiger partial charge >= 0.3 is 0 Å². The second kappa shape index (κ2) is 11.9. The van der Waals surface area contributed by atoms with E-state index in [0.717, 1.165) is 75.5 Å². The molecule has 3 aromatic heterocycles. The molecule has 2 N–H and O–H groups in total. The largest absolute Gasteiger partial charge is 0.387 e. The van der Waals surface area contributed by atoms with Gasteiger partial charge in [0.15, 0.2) is 5.82 Å². The van der Waals surface area contributed by atoms with Crippen molar-refractivity contribution in [2.75, 3.05) is 36.4 Å². The number of aromatic nitrogens is 6. The Balaban J connectivity index is 0.979. The molecule has 4 aromatic rings. The zero-order valence-electron chi connectivity index (χ0n) is 24.8. The molecule has 15 heteroatoms. The van der Waals surface area contributed by atoms with Gasteiger partial charge in [-0.05, 0) is 38.2 Å². The maximum atomic E-state index is 14.7. The van der Waals surface area contributed by atoms with Crippen LogP contribution in [0.1, 0.15) is 60.3 Å². The van der Waals surface area contributed by atoms with Gasteiger partial charge < -0.3 is 15.3 Å². The fourth-order valence-corrected chi connectivity index (χ4v) is 6.35. The van der Waals surface area contributed by atoms with Crippen LogP contribution >= 0.6 is 11.6 Å². The van der Waals surface area contributed by atoms with Gasteiger partial charge in [-0.1, -0.05) is 17.7 Å². The van der Waals surface area contributed by atoms with Crippen LogP contribution in [0.3, 0.4) is 0 Å². The first-order chi connectivity index (χ1) is 22.1. The van der Waals surface area contributed by atoms with Crippen LogP contribution in [-0.4, -0.2) is 83.5 Å². The average molecular weight is 654 g/mol. The number of carbonyl (C=O) groups is 1. The number of amides is 1. The first-order valence-electron chi connectivity index (χ1n) is 15.1. The van der Waals surface area contributed by atoms with Crippen molar-refractivity contribution in [3.63, 3.8) is 0 Å². The van der Waals surface area contributed by atoms with Gasteiger partial charge in [0.25, 0.3) is 12.3 Å². The van der Waals surface area contributed by atoms with E-state index in [4.69, 9.17) is 11.6 Å². The first-order valence-corrected chi connectivity index (χ1v) is 15.4. The predicted molar refractivity (Wildman–Crippen MR) is 163 cm³/mol. The van der Waals surface area contributed by atoms with E-state index in [1.807, 2.05) is 6.92 Å². The van der Waals surface area contributed by atoms with Gasteiger partial charge in [-0.3, -0.25) is 19.4 Å². The lowest BCUT2D eigenvalue weighted by Crippen LogP contribution is -2.67. The zero-order valence-corrected chi connectivity index (χ0v) is 25.6. The molecule has 7 rings (SSSR count). The van der Waals surface area contributed by atoms with Crippen molar-refractivity contribution in [2.24, 2.45) is 5.92 Å². The number of benzene rings is 1. The SMILES string of the molecule is CC(c1cnc(N2CCC2CN2CC(O)(C3CC3)C2)nc1)n1cc(NC(=O)c2cncc(-c3c(C(F)F)ccc(Cl)c3F)n2)cn1. The number of halogens is 4. The summed E-state index contributed by atoms with van der Waals surface area (Å²) in [6.45, 7) is 5.19. The Morgan fingerprint density at radius 3 is 2.57 bits per heavy atom. The molecule has 1 aliphatic carbocycles. The summed E-state index contributed by atoms with van der Waals surface area (Å²) < 4.78 is 43.6. The lowest BCUT2D eigenvalue weighted by molar-refractivity contribution is -0.115. The van der Waals surface area contributed by atoms with Gasteiger partial charge in [-0.15, -0.1) is 0 Å². The molecule has 0 bridgehead atoms. The van der Waals surface area contributed by atoms with Gasteiger partial charge in [0.2, 0.25) is 5.95 Å². The van der Waals surface area contributed by atoms with Crippen molar-refractivity contribution in [1.82, 2.24) is 34.6 Å². The molecule has 1 amide bonds. The van der Waals surface area contributed by atoms with E-state index in [2.05, 4.69) is 40.2 Å². The minimum absolute atomic E-state index is 0.209. The lowest BCUT2D eigenvalue weighted by atomic mass is 9.87. The van der Waals surface area contributed by atoms with Crippen LogP contribution < -0.4 is 10.2 Å². The predicted octanol–water partition coefficient (Wildman–Crippen LogP) is 4.76. The van der Waals surface area contributed by atoms with Gasteiger partial charge in [-0.25, -0.2) is 28.1 Å². The zero-order chi connectivity index (χ0) is 32.2. The average Bonchev–Trinajstić information content (AvgIpc) is 3.78. The number of carbonyl (C=O) groups excluding carboxylic acids is 1. The van der Waals surface area contributed by atoms with E-state index >= 15 is 0 Å². The van der Waals surface area contributed by atoms with Gasteiger partial charge in [0.1, 0.15) is 5.69 Å². The third kappa shape index (κ3) is 5.80. The number of nitrogens with zero attached hydrogens (tertiary/aromatic N) is 8. The monoisotopic (exact) mass is 653 g/mol. The highest BCUT2D eigenvalue weighted by Gasteiger charge is 2.52. The Morgan fingerprint density at radius 1 is 1.13 bits per heavy atom. The molecule has 2 saturated heterocycles. The van der Waals surface area contributed by atoms with Crippen LogP contribution in [0.5, 0.6) is 0 Å². The summed E-state index contributed by atoms with van der Waals surface area (Å²) in [6.07, 6.45) is 9.20. The molecule has 240 valence electrons. The van der Waals surface area contributed by atoms with Crippen LogP contribution in [0.15, 0.2) is 49.3 Å². The Morgan fingerprint density at radius 2 is 1.89 bits per heavy atom. The van der Waals surface area contributed by atoms with Gasteiger partial charge in [-0.2, -0.15) is 5.10 Å². The number of β-amino-alcohol motifs (C(OH)–C–C–N with tert-alkyl or cyclic N) is 1. The third-order valence-electron chi connectivity index (χ3n) is 9.08. The normalized spacial score (nSPS) is 19.9. The molecule has 1 saturated carbocycles. The van der Waals surface area contributed by atoms with Gasteiger partial charge in [0.05, 0.1) is 46.6 Å². The molecule has 3 fully saturated rings. The fraction of sp³-hybridized carbons (Fsp3) is 0.419. The topological polar surface area (TPSA) is 125 Å². The Bertz CT molecular complexity index is 1760. The molecule has 46 heavy (non-hydrogen) atoms. The third-order valence-corrected chi connectivity index (χ3v) is 9.38. The number of hydrogen-bond donors (Lipinski definition) is 2. The van der Waals surface area contributed by atoms with Crippen LogP contribution in [0.25, 0.3) is 11.3 Å². The molecule has 5 heterocycles. The van der Waals surface area contributed by atoms with E-state index in [1.54, 1.807) is 23.3 Å². The Labute approximate surface area is 267 Å². The molecular weight excluding hydrogens is 623 g/mol. The number of nitrogens with one attached hydrogen (secondary N) is 1. The van der Waals surface area contributed by atoms with Crippen molar-refractivity contribution in [2.45, 2.75) is 50.3 Å². The van der Waals surface area contributed by atoms with E-state index < -0.39 is 34.9 Å². The second-order valence-electron chi connectivity index (χ2n) is 12.3. The Kier molecular flexibility index (Phi) is 7.89. The highest BCUT2D eigenvalue weighted by molar-refractivity contribution is 6.31. The summed E-state index contributed by atoms with van der Waals surface area (Å²) in [6, 6.07) is 2.12. The summed E-state index contributed by atoms with van der Waals surface area (Å²) in [4.78, 5) is 34.7. The van der Waals surface area contributed by atoms with Crippen molar-refractivity contribution in [1.29, 1.82) is 0 Å². The van der Waals surface area contributed by atoms with Crippen LogP contribution in [0, 0.1) is 11.7 Å². The summed E-state index contributed by atoms with van der Waals surface area (Å²) in [5.74, 6) is -0.613. The summed E-state index contributed by atoms with van der Waals surface area (Å²) in [7, 11) is 0. The van der Waals surface area contributed by atoms with E-state index in [9.17, 15) is 23.1 Å². The molecule has 0 spiro atoms. The number of hydrogen-bond acceptors (Lipinski definition) is 9. The molecule has 2 atom stereocenters. The summed E-state index contributed by atoms with van der Waals surface area (Å²) >= 11 is 5.82. The van der Waals surface area contributed by atoms with E-state index in [-0.39, 0.29) is 22.5 Å². The molecule has 11 nitrogen and oxygen atoms in total. The van der Waals surface area contributed by atoms with Gasteiger partial charge in [0, 0.05) is 67.5 Å². The second-order valence-corrected chi connectivity index (χ2v) is 12.7.